The molecule has 1 aliphatic carbocycles. The average Bonchev–Trinajstić information content (AvgIpc) is 2.89. The van der Waals surface area contributed by atoms with E-state index in [1.807, 2.05) is 6.07 Å². The highest BCUT2D eigenvalue weighted by atomic mass is 15.1. The van der Waals surface area contributed by atoms with Crippen molar-refractivity contribution in [1.29, 1.82) is 5.26 Å². The predicted molar refractivity (Wildman–Crippen MR) is 43.4 cm³/mol. The number of nitriles is 1. The van der Waals surface area contributed by atoms with E-state index in [0.29, 0.717) is 17.4 Å². The number of rotatable bonds is 2. The van der Waals surface area contributed by atoms with Gasteiger partial charge in [-0.05, 0) is 12.8 Å². The molecular formula is C8H8N4. The van der Waals surface area contributed by atoms with Gasteiger partial charge in [-0.3, -0.25) is 0 Å². The largest absolute Gasteiger partial charge is 0.366 e. The van der Waals surface area contributed by atoms with Gasteiger partial charge >= 0.3 is 0 Å². The molecule has 12 heavy (non-hydrogen) atoms. The summed E-state index contributed by atoms with van der Waals surface area (Å²) in [5, 5.41) is 11.8. The highest BCUT2D eigenvalue weighted by Gasteiger charge is 2.22. The number of anilines is 1. The Balaban J connectivity index is 2.22. The summed E-state index contributed by atoms with van der Waals surface area (Å²) < 4.78 is 0. The Labute approximate surface area is 70.3 Å². The molecule has 0 aromatic carbocycles. The lowest BCUT2D eigenvalue weighted by atomic mass is 10.3. The quantitative estimate of drug-likeness (QED) is 0.698. The summed E-state index contributed by atoms with van der Waals surface area (Å²) >= 11 is 0. The first kappa shape index (κ1) is 7.04. The molecule has 1 aromatic rings. The van der Waals surface area contributed by atoms with Crippen molar-refractivity contribution in [2.24, 2.45) is 0 Å². The fourth-order valence-electron chi connectivity index (χ4n) is 0.947. The van der Waals surface area contributed by atoms with Crippen molar-refractivity contribution in [3.8, 4) is 6.07 Å². The predicted octanol–water partition coefficient (Wildman–Crippen LogP) is 0.923. The molecule has 1 fully saturated rings. The van der Waals surface area contributed by atoms with Crippen LogP contribution in [-0.2, 0) is 0 Å². The summed E-state index contributed by atoms with van der Waals surface area (Å²) in [4.78, 5) is 7.76. The summed E-state index contributed by atoms with van der Waals surface area (Å²) in [7, 11) is 0. The summed E-state index contributed by atoms with van der Waals surface area (Å²) in [6, 6.07) is 2.56. The molecule has 0 saturated heterocycles. The van der Waals surface area contributed by atoms with E-state index in [9.17, 15) is 0 Å². The SMILES string of the molecule is N#Cc1cncnc1NC1CC1. The standard InChI is InChI=1S/C8H8N4/c9-3-6-4-10-5-11-8(6)12-7-1-2-7/h4-5,7H,1-2H2,(H,10,11,12). The van der Waals surface area contributed by atoms with Crippen molar-refractivity contribution in [1.82, 2.24) is 9.97 Å². The molecule has 0 atom stereocenters. The van der Waals surface area contributed by atoms with Crippen LogP contribution in [0.4, 0.5) is 5.82 Å². The van der Waals surface area contributed by atoms with Crippen molar-refractivity contribution in [3.63, 3.8) is 0 Å². The lowest BCUT2D eigenvalue weighted by Gasteiger charge is -2.02. The monoisotopic (exact) mass is 160 g/mol. The first-order valence-electron chi connectivity index (χ1n) is 3.87. The zero-order valence-corrected chi connectivity index (χ0v) is 6.49. The Kier molecular flexibility index (Phi) is 1.63. The third-order valence-electron chi connectivity index (χ3n) is 1.75. The van der Waals surface area contributed by atoms with Crippen molar-refractivity contribution in [2.45, 2.75) is 18.9 Å². The molecule has 0 radical (unpaired) electrons. The number of nitrogens with zero attached hydrogens (tertiary/aromatic N) is 3. The molecule has 60 valence electrons. The fourth-order valence-corrected chi connectivity index (χ4v) is 0.947. The van der Waals surface area contributed by atoms with Crippen LogP contribution < -0.4 is 5.32 Å². The molecule has 1 N–H and O–H groups in total. The van der Waals surface area contributed by atoms with E-state index in [2.05, 4.69) is 15.3 Å². The molecule has 0 unspecified atom stereocenters. The molecule has 4 nitrogen and oxygen atoms in total. The molecular weight excluding hydrogens is 152 g/mol. The summed E-state index contributed by atoms with van der Waals surface area (Å²) in [6.07, 6.45) is 5.33. The van der Waals surface area contributed by atoms with Gasteiger partial charge in [-0.1, -0.05) is 0 Å². The minimum absolute atomic E-state index is 0.518. The Hall–Kier alpha value is -1.63. The molecule has 2 rings (SSSR count). The Morgan fingerprint density at radius 2 is 2.42 bits per heavy atom. The Morgan fingerprint density at radius 1 is 1.58 bits per heavy atom. The van der Waals surface area contributed by atoms with Gasteiger partial charge in [-0.15, -0.1) is 0 Å². The second-order valence-electron chi connectivity index (χ2n) is 2.82. The van der Waals surface area contributed by atoms with Crippen LogP contribution in [0.25, 0.3) is 0 Å². The van der Waals surface area contributed by atoms with Gasteiger partial charge in [-0.2, -0.15) is 5.26 Å². The van der Waals surface area contributed by atoms with Gasteiger partial charge < -0.3 is 5.32 Å². The normalized spacial score (nSPS) is 15.2. The first-order chi connectivity index (χ1) is 5.90. The molecule has 1 saturated carbocycles. The van der Waals surface area contributed by atoms with E-state index in [1.165, 1.54) is 25.4 Å². The minimum Gasteiger partial charge on any atom is -0.366 e. The number of aromatic nitrogens is 2. The van der Waals surface area contributed by atoms with Gasteiger partial charge in [0.1, 0.15) is 23.8 Å². The van der Waals surface area contributed by atoms with Crippen molar-refractivity contribution >= 4 is 5.82 Å². The van der Waals surface area contributed by atoms with Crippen LogP contribution in [0.15, 0.2) is 12.5 Å². The molecule has 1 aliphatic rings. The Bertz CT molecular complexity index is 324. The maximum Gasteiger partial charge on any atom is 0.147 e. The van der Waals surface area contributed by atoms with Gasteiger partial charge in [0.05, 0.1) is 6.20 Å². The molecule has 0 aliphatic heterocycles. The topological polar surface area (TPSA) is 61.6 Å². The number of hydrogen-bond acceptors (Lipinski definition) is 4. The maximum absolute atomic E-state index is 8.68. The lowest BCUT2D eigenvalue weighted by Crippen LogP contribution is -2.05. The van der Waals surface area contributed by atoms with E-state index in [4.69, 9.17) is 5.26 Å². The highest BCUT2D eigenvalue weighted by Crippen LogP contribution is 2.24. The van der Waals surface area contributed by atoms with Crippen molar-refractivity contribution in [2.75, 3.05) is 5.32 Å². The van der Waals surface area contributed by atoms with Crippen LogP contribution in [0.5, 0.6) is 0 Å². The zero-order valence-electron chi connectivity index (χ0n) is 6.49. The van der Waals surface area contributed by atoms with Crippen molar-refractivity contribution < 1.29 is 0 Å². The van der Waals surface area contributed by atoms with Gasteiger partial charge in [-0.25, -0.2) is 9.97 Å². The van der Waals surface area contributed by atoms with Crippen LogP contribution in [0.3, 0.4) is 0 Å². The fraction of sp³-hybridized carbons (Fsp3) is 0.375. The third kappa shape index (κ3) is 1.35. The van der Waals surface area contributed by atoms with E-state index >= 15 is 0 Å². The zero-order chi connectivity index (χ0) is 8.39. The van der Waals surface area contributed by atoms with E-state index < -0.39 is 0 Å². The number of hydrogen-bond donors (Lipinski definition) is 1. The summed E-state index contributed by atoms with van der Waals surface area (Å²) in [5.41, 5.74) is 0.518. The van der Waals surface area contributed by atoms with Crippen LogP contribution in [-0.4, -0.2) is 16.0 Å². The first-order valence-corrected chi connectivity index (χ1v) is 3.87. The van der Waals surface area contributed by atoms with E-state index in [0.717, 1.165) is 0 Å². The minimum atomic E-state index is 0.518. The molecule has 1 heterocycles. The van der Waals surface area contributed by atoms with Gasteiger partial charge in [0.25, 0.3) is 0 Å². The van der Waals surface area contributed by atoms with Crippen LogP contribution in [0.2, 0.25) is 0 Å². The average molecular weight is 160 g/mol. The van der Waals surface area contributed by atoms with Gasteiger partial charge in [0.15, 0.2) is 0 Å². The lowest BCUT2D eigenvalue weighted by molar-refractivity contribution is 1.07. The second-order valence-corrected chi connectivity index (χ2v) is 2.82. The van der Waals surface area contributed by atoms with Gasteiger partial charge in [0.2, 0.25) is 0 Å². The molecule has 4 heteroatoms. The number of nitrogens with one attached hydrogen (secondary N) is 1. The third-order valence-corrected chi connectivity index (χ3v) is 1.75. The smallest absolute Gasteiger partial charge is 0.147 e. The highest BCUT2D eigenvalue weighted by molar-refractivity contribution is 5.50. The molecule has 1 aromatic heterocycles. The van der Waals surface area contributed by atoms with Crippen molar-refractivity contribution in [3.05, 3.63) is 18.1 Å². The van der Waals surface area contributed by atoms with E-state index in [-0.39, 0.29) is 0 Å². The molecule has 0 amide bonds. The van der Waals surface area contributed by atoms with E-state index in [1.54, 1.807) is 0 Å². The van der Waals surface area contributed by atoms with Gasteiger partial charge in [0, 0.05) is 6.04 Å². The second kappa shape index (κ2) is 2.78. The molecule has 0 bridgehead atoms. The summed E-state index contributed by atoms with van der Waals surface area (Å²) in [5.74, 6) is 0.662. The Morgan fingerprint density at radius 3 is 3.08 bits per heavy atom. The molecule has 0 spiro atoms. The maximum atomic E-state index is 8.68. The van der Waals surface area contributed by atoms with Crippen LogP contribution in [0.1, 0.15) is 18.4 Å². The summed E-state index contributed by atoms with van der Waals surface area (Å²) in [6.45, 7) is 0. The van der Waals surface area contributed by atoms with Crippen LogP contribution >= 0.6 is 0 Å². The van der Waals surface area contributed by atoms with Crippen LogP contribution in [0, 0.1) is 11.3 Å².